The summed E-state index contributed by atoms with van der Waals surface area (Å²) in [5.74, 6) is 0.0139. The van der Waals surface area contributed by atoms with Gasteiger partial charge in [0.1, 0.15) is 0 Å². The number of hydrogen-bond acceptors (Lipinski definition) is 2. The van der Waals surface area contributed by atoms with Gasteiger partial charge in [-0.15, -0.1) is 0 Å². The van der Waals surface area contributed by atoms with Crippen molar-refractivity contribution < 1.29 is 4.79 Å². The number of nitrogens with zero attached hydrogens (tertiary/aromatic N) is 1. The molecule has 0 amide bonds. The lowest BCUT2D eigenvalue weighted by Crippen LogP contribution is -1.93. The van der Waals surface area contributed by atoms with Gasteiger partial charge in [-0.1, -0.05) is 12.7 Å². The smallest absolute Gasteiger partial charge is 0.159 e. The summed E-state index contributed by atoms with van der Waals surface area (Å²) in [5, 5.41) is 6.91. The Hall–Kier alpha value is -1.64. The van der Waals surface area contributed by atoms with Crippen molar-refractivity contribution >= 4 is 11.9 Å². The molecule has 0 aliphatic heterocycles. The van der Waals surface area contributed by atoms with Crippen LogP contribution in [-0.4, -0.2) is 16.0 Å². The molecule has 1 aromatic rings. The second kappa shape index (κ2) is 4.05. The summed E-state index contributed by atoms with van der Waals surface area (Å²) in [7, 11) is 0. The number of aromatic nitrogens is 2. The fraction of sp³-hybridized carbons (Fsp3) is 0.273. The van der Waals surface area contributed by atoms with Gasteiger partial charge in [0.25, 0.3) is 0 Å². The van der Waals surface area contributed by atoms with Gasteiger partial charge in [-0.3, -0.25) is 9.89 Å². The number of nitrogens with one attached hydrogen (secondary N) is 1. The average Bonchev–Trinajstić information content (AvgIpc) is 2.43. The van der Waals surface area contributed by atoms with Crippen molar-refractivity contribution in [2.24, 2.45) is 0 Å². The number of rotatable bonds is 3. The van der Waals surface area contributed by atoms with Crippen LogP contribution in [0.2, 0.25) is 0 Å². The maximum Gasteiger partial charge on any atom is 0.159 e. The molecule has 0 aliphatic carbocycles. The third kappa shape index (κ3) is 1.99. The van der Waals surface area contributed by atoms with Crippen LogP contribution in [0.25, 0.3) is 6.08 Å². The number of hydrogen-bond donors (Lipinski definition) is 1. The molecular formula is C11H14N2O. The molecule has 0 saturated carbocycles. The van der Waals surface area contributed by atoms with E-state index in [2.05, 4.69) is 16.8 Å². The molecule has 0 unspecified atom stereocenters. The standard InChI is InChI=1S/C11H14N2O/c1-5-10(9(4)14)6-11-7(2)12-13-8(11)3/h5-6H,1H2,2-4H3,(H,12,13)/b10-6+. The monoisotopic (exact) mass is 190 g/mol. The number of carbonyl (C=O) groups is 1. The van der Waals surface area contributed by atoms with Crippen LogP contribution in [0.4, 0.5) is 0 Å². The van der Waals surface area contributed by atoms with Crippen LogP contribution in [-0.2, 0) is 4.79 Å². The zero-order valence-corrected chi connectivity index (χ0v) is 8.72. The number of aromatic amines is 1. The Labute approximate surface area is 83.5 Å². The number of aryl methyl sites for hydroxylation is 2. The van der Waals surface area contributed by atoms with Gasteiger partial charge in [0.2, 0.25) is 0 Å². The zero-order chi connectivity index (χ0) is 10.7. The first kappa shape index (κ1) is 10.4. The fourth-order valence-corrected chi connectivity index (χ4v) is 1.23. The highest BCUT2D eigenvalue weighted by molar-refractivity contribution is 6.00. The Bertz CT molecular complexity index is 380. The van der Waals surface area contributed by atoms with Crippen molar-refractivity contribution in [1.29, 1.82) is 0 Å². The van der Waals surface area contributed by atoms with Gasteiger partial charge in [-0.25, -0.2) is 0 Å². The molecule has 0 aliphatic rings. The first-order valence-corrected chi connectivity index (χ1v) is 4.43. The Morgan fingerprint density at radius 3 is 2.50 bits per heavy atom. The van der Waals surface area contributed by atoms with Gasteiger partial charge < -0.3 is 0 Å². The van der Waals surface area contributed by atoms with E-state index in [1.807, 2.05) is 19.9 Å². The third-order valence-corrected chi connectivity index (χ3v) is 2.11. The molecule has 1 rings (SSSR count). The van der Waals surface area contributed by atoms with Crippen LogP contribution >= 0.6 is 0 Å². The van der Waals surface area contributed by atoms with Gasteiger partial charge in [-0.05, 0) is 26.8 Å². The van der Waals surface area contributed by atoms with E-state index in [4.69, 9.17) is 0 Å². The molecule has 0 aromatic carbocycles. The molecule has 0 spiro atoms. The molecule has 14 heavy (non-hydrogen) atoms. The lowest BCUT2D eigenvalue weighted by molar-refractivity contribution is -0.113. The minimum absolute atomic E-state index is 0.0139. The molecule has 1 aromatic heterocycles. The van der Waals surface area contributed by atoms with E-state index in [9.17, 15) is 4.79 Å². The second-order valence-corrected chi connectivity index (χ2v) is 3.21. The molecule has 1 N–H and O–H groups in total. The summed E-state index contributed by atoms with van der Waals surface area (Å²) in [4.78, 5) is 11.2. The fourth-order valence-electron chi connectivity index (χ4n) is 1.23. The summed E-state index contributed by atoms with van der Waals surface area (Å²) in [5.41, 5.74) is 3.43. The predicted octanol–water partition coefficient (Wildman–Crippen LogP) is 2.18. The minimum atomic E-state index is 0.0139. The Balaban J connectivity index is 3.18. The topological polar surface area (TPSA) is 45.8 Å². The first-order valence-electron chi connectivity index (χ1n) is 4.43. The minimum Gasteiger partial charge on any atom is -0.295 e. The van der Waals surface area contributed by atoms with Crippen LogP contribution in [0.1, 0.15) is 23.9 Å². The molecular weight excluding hydrogens is 176 g/mol. The quantitative estimate of drug-likeness (QED) is 0.586. The number of H-pyrrole nitrogens is 1. The third-order valence-electron chi connectivity index (χ3n) is 2.11. The van der Waals surface area contributed by atoms with E-state index in [0.717, 1.165) is 17.0 Å². The van der Waals surface area contributed by atoms with Gasteiger partial charge in [0.15, 0.2) is 5.78 Å². The predicted molar refractivity (Wildman–Crippen MR) is 56.9 cm³/mol. The van der Waals surface area contributed by atoms with Gasteiger partial charge in [-0.2, -0.15) is 5.10 Å². The maximum atomic E-state index is 11.2. The van der Waals surface area contributed by atoms with Crippen molar-refractivity contribution in [3.05, 3.63) is 35.2 Å². The molecule has 0 fully saturated rings. The Morgan fingerprint density at radius 1 is 1.50 bits per heavy atom. The van der Waals surface area contributed by atoms with Gasteiger partial charge >= 0.3 is 0 Å². The number of Topliss-reactive ketones (excluding diaryl/α,β-unsaturated/α-hetero) is 1. The van der Waals surface area contributed by atoms with Crippen LogP contribution < -0.4 is 0 Å². The molecule has 3 heteroatoms. The lowest BCUT2D eigenvalue weighted by Gasteiger charge is -1.96. The van der Waals surface area contributed by atoms with Crippen molar-refractivity contribution in [2.75, 3.05) is 0 Å². The van der Waals surface area contributed by atoms with Crippen LogP contribution in [0.3, 0.4) is 0 Å². The molecule has 0 saturated heterocycles. The van der Waals surface area contributed by atoms with Gasteiger partial charge in [0, 0.05) is 16.8 Å². The summed E-state index contributed by atoms with van der Waals surface area (Å²) in [6.45, 7) is 8.95. The van der Waals surface area contributed by atoms with Crippen molar-refractivity contribution in [3.63, 3.8) is 0 Å². The summed E-state index contributed by atoms with van der Waals surface area (Å²) in [6.07, 6.45) is 3.37. The summed E-state index contributed by atoms with van der Waals surface area (Å²) < 4.78 is 0. The van der Waals surface area contributed by atoms with Crippen LogP contribution in [0.5, 0.6) is 0 Å². The molecule has 1 heterocycles. The van der Waals surface area contributed by atoms with E-state index < -0.39 is 0 Å². The zero-order valence-electron chi connectivity index (χ0n) is 8.72. The normalized spacial score (nSPS) is 11.5. The van der Waals surface area contributed by atoms with Gasteiger partial charge in [0.05, 0.1) is 5.69 Å². The van der Waals surface area contributed by atoms with E-state index in [0.29, 0.717) is 5.57 Å². The number of allylic oxidation sites excluding steroid dienone is 2. The number of ketones is 1. The van der Waals surface area contributed by atoms with Crippen molar-refractivity contribution in [2.45, 2.75) is 20.8 Å². The van der Waals surface area contributed by atoms with Crippen molar-refractivity contribution in [1.82, 2.24) is 10.2 Å². The summed E-state index contributed by atoms with van der Waals surface area (Å²) in [6, 6.07) is 0. The highest BCUT2D eigenvalue weighted by atomic mass is 16.1. The Kier molecular flexibility index (Phi) is 3.02. The van der Waals surface area contributed by atoms with E-state index >= 15 is 0 Å². The second-order valence-electron chi connectivity index (χ2n) is 3.21. The van der Waals surface area contributed by atoms with Crippen LogP contribution in [0, 0.1) is 13.8 Å². The number of carbonyl (C=O) groups excluding carboxylic acids is 1. The van der Waals surface area contributed by atoms with E-state index in [1.165, 1.54) is 6.92 Å². The average molecular weight is 190 g/mol. The molecule has 0 atom stereocenters. The molecule has 0 radical (unpaired) electrons. The lowest BCUT2D eigenvalue weighted by atomic mass is 10.1. The molecule has 74 valence electrons. The molecule has 3 nitrogen and oxygen atoms in total. The largest absolute Gasteiger partial charge is 0.295 e. The molecule has 0 bridgehead atoms. The Morgan fingerprint density at radius 2 is 2.14 bits per heavy atom. The SMILES string of the molecule is C=C/C(=C\c1c(C)n[nH]c1C)C(C)=O. The maximum absolute atomic E-state index is 11.2. The highest BCUT2D eigenvalue weighted by Crippen LogP contribution is 2.14. The first-order chi connectivity index (χ1) is 6.56. The summed E-state index contributed by atoms with van der Waals surface area (Å²) >= 11 is 0. The van der Waals surface area contributed by atoms with E-state index in [1.54, 1.807) is 6.08 Å². The van der Waals surface area contributed by atoms with Crippen molar-refractivity contribution in [3.8, 4) is 0 Å². The van der Waals surface area contributed by atoms with E-state index in [-0.39, 0.29) is 5.78 Å². The van der Waals surface area contributed by atoms with Crippen LogP contribution in [0.15, 0.2) is 18.2 Å². The highest BCUT2D eigenvalue weighted by Gasteiger charge is 2.05.